The second-order valence-electron chi connectivity index (χ2n) is 4.81. The van der Waals surface area contributed by atoms with Gasteiger partial charge in [-0.2, -0.15) is 0 Å². The third kappa shape index (κ3) is 3.08. The van der Waals surface area contributed by atoms with Gasteiger partial charge in [-0.3, -0.25) is 0 Å². The van der Waals surface area contributed by atoms with Gasteiger partial charge in [-0.1, -0.05) is 38.5 Å². The van der Waals surface area contributed by atoms with Crippen LogP contribution in [0.15, 0.2) is 12.4 Å². The van der Waals surface area contributed by atoms with Crippen molar-refractivity contribution in [2.45, 2.75) is 58.4 Å². The summed E-state index contributed by atoms with van der Waals surface area (Å²) in [6.07, 6.45) is 14.1. The molecule has 0 atom stereocenters. The van der Waals surface area contributed by atoms with Crippen LogP contribution >= 0.6 is 0 Å². The lowest BCUT2D eigenvalue weighted by atomic mass is 9.97. The molecule has 2 heteroatoms. The van der Waals surface area contributed by atoms with Gasteiger partial charge >= 0.3 is 0 Å². The molecule has 1 aromatic heterocycles. The smallest absolute Gasteiger partial charge is 0.105 e. The molecular weight excluding hydrogens is 184 g/mol. The van der Waals surface area contributed by atoms with E-state index in [9.17, 15) is 0 Å². The predicted octanol–water partition coefficient (Wildman–Crippen LogP) is 3.55. The fourth-order valence-electron chi connectivity index (χ4n) is 2.61. The van der Waals surface area contributed by atoms with E-state index >= 15 is 0 Å². The lowest BCUT2D eigenvalue weighted by molar-refractivity contribution is 0.397. The van der Waals surface area contributed by atoms with E-state index in [-0.39, 0.29) is 0 Å². The molecule has 0 radical (unpaired) electrons. The van der Waals surface area contributed by atoms with Crippen molar-refractivity contribution in [2.24, 2.45) is 5.92 Å². The summed E-state index contributed by atoms with van der Waals surface area (Å²) >= 11 is 0. The van der Waals surface area contributed by atoms with Crippen molar-refractivity contribution >= 4 is 0 Å². The molecular formula is C13H22N2. The lowest BCUT2D eigenvalue weighted by Gasteiger charge is -2.14. The zero-order valence-corrected chi connectivity index (χ0v) is 9.78. The summed E-state index contributed by atoms with van der Waals surface area (Å²) in [5.74, 6) is 2.12. The van der Waals surface area contributed by atoms with Gasteiger partial charge < -0.3 is 4.57 Å². The molecule has 2 rings (SSSR count). The van der Waals surface area contributed by atoms with E-state index in [1.807, 2.05) is 6.20 Å². The highest BCUT2D eigenvalue weighted by molar-refractivity contribution is 4.88. The Balaban J connectivity index is 1.79. The molecule has 2 nitrogen and oxygen atoms in total. The molecule has 1 fully saturated rings. The molecule has 0 saturated heterocycles. The summed E-state index contributed by atoms with van der Waals surface area (Å²) in [6.45, 7) is 3.25. The minimum absolute atomic E-state index is 0.967. The van der Waals surface area contributed by atoms with E-state index in [4.69, 9.17) is 0 Å². The van der Waals surface area contributed by atoms with Crippen molar-refractivity contribution in [1.29, 1.82) is 0 Å². The average Bonchev–Trinajstić information content (AvgIpc) is 2.53. The monoisotopic (exact) mass is 206 g/mol. The molecule has 1 heterocycles. The van der Waals surface area contributed by atoms with Crippen molar-refractivity contribution in [3.05, 3.63) is 18.2 Å². The summed E-state index contributed by atoms with van der Waals surface area (Å²) in [7, 11) is 0. The molecule has 0 bridgehead atoms. The molecule has 15 heavy (non-hydrogen) atoms. The lowest BCUT2D eigenvalue weighted by Crippen LogP contribution is -2.06. The Hall–Kier alpha value is -0.790. The minimum atomic E-state index is 0.967. The van der Waals surface area contributed by atoms with Crippen LogP contribution in [0, 0.1) is 12.8 Å². The minimum Gasteiger partial charge on any atom is -0.335 e. The van der Waals surface area contributed by atoms with Gasteiger partial charge in [-0.05, 0) is 19.3 Å². The Morgan fingerprint density at radius 3 is 2.60 bits per heavy atom. The maximum atomic E-state index is 4.26. The van der Waals surface area contributed by atoms with Gasteiger partial charge in [0, 0.05) is 18.9 Å². The van der Waals surface area contributed by atoms with Crippen LogP contribution < -0.4 is 0 Å². The van der Waals surface area contributed by atoms with Crippen LogP contribution in [0.5, 0.6) is 0 Å². The van der Waals surface area contributed by atoms with Crippen LogP contribution in [0.25, 0.3) is 0 Å². The van der Waals surface area contributed by atoms with Crippen LogP contribution in [0.3, 0.4) is 0 Å². The molecule has 0 unspecified atom stereocenters. The normalized spacial score (nSPS) is 19.0. The van der Waals surface area contributed by atoms with E-state index in [1.54, 1.807) is 0 Å². The number of imidazole rings is 1. The molecule has 0 N–H and O–H groups in total. The molecule has 0 amide bonds. The highest BCUT2D eigenvalue weighted by Gasteiger charge is 2.12. The molecule has 1 saturated carbocycles. The molecule has 84 valence electrons. The molecule has 0 spiro atoms. The standard InChI is InChI=1S/C13H22N2/c1-12-14-9-11-15(12)10-8-13-6-4-2-3-5-7-13/h9,11,13H,2-8,10H2,1H3. The number of rotatable bonds is 3. The first kappa shape index (κ1) is 10.7. The van der Waals surface area contributed by atoms with Crippen LogP contribution in [0.4, 0.5) is 0 Å². The van der Waals surface area contributed by atoms with Gasteiger partial charge in [0.1, 0.15) is 5.82 Å². The Labute approximate surface area is 92.7 Å². The number of nitrogens with zero attached hydrogens (tertiary/aromatic N) is 2. The molecule has 0 aromatic carbocycles. The maximum Gasteiger partial charge on any atom is 0.105 e. The summed E-state index contributed by atoms with van der Waals surface area (Å²) in [5, 5.41) is 0. The summed E-state index contributed by atoms with van der Waals surface area (Å²) < 4.78 is 2.28. The zero-order valence-electron chi connectivity index (χ0n) is 9.78. The highest BCUT2D eigenvalue weighted by Crippen LogP contribution is 2.25. The Morgan fingerprint density at radius 2 is 2.00 bits per heavy atom. The number of hydrogen-bond donors (Lipinski definition) is 0. The van der Waals surface area contributed by atoms with Gasteiger partial charge in [-0.25, -0.2) is 4.98 Å². The topological polar surface area (TPSA) is 17.8 Å². The second-order valence-corrected chi connectivity index (χ2v) is 4.81. The van der Waals surface area contributed by atoms with Gasteiger partial charge in [0.05, 0.1) is 0 Å². The van der Waals surface area contributed by atoms with Gasteiger partial charge in [0.25, 0.3) is 0 Å². The summed E-state index contributed by atoms with van der Waals surface area (Å²) in [5.41, 5.74) is 0. The van der Waals surface area contributed by atoms with Crippen LogP contribution in [-0.2, 0) is 6.54 Å². The van der Waals surface area contributed by atoms with Crippen LogP contribution in [-0.4, -0.2) is 9.55 Å². The van der Waals surface area contributed by atoms with Crippen molar-refractivity contribution in [3.8, 4) is 0 Å². The zero-order chi connectivity index (χ0) is 10.5. The first-order chi connectivity index (χ1) is 7.36. The van der Waals surface area contributed by atoms with Crippen molar-refractivity contribution in [1.82, 2.24) is 9.55 Å². The molecule has 1 aromatic rings. The van der Waals surface area contributed by atoms with E-state index < -0.39 is 0 Å². The predicted molar refractivity (Wildman–Crippen MR) is 62.8 cm³/mol. The number of aromatic nitrogens is 2. The van der Waals surface area contributed by atoms with Crippen LogP contribution in [0.1, 0.15) is 50.8 Å². The largest absolute Gasteiger partial charge is 0.335 e. The highest BCUT2D eigenvalue weighted by atomic mass is 15.0. The average molecular weight is 206 g/mol. The first-order valence-corrected chi connectivity index (χ1v) is 6.34. The van der Waals surface area contributed by atoms with Gasteiger partial charge in [-0.15, -0.1) is 0 Å². The van der Waals surface area contributed by atoms with Crippen LogP contribution in [0.2, 0.25) is 0 Å². The Morgan fingerprint density at radius 1 is 1.27 bits per heavy atom. The quantitative estimate of drug-likeness (QED) is 0.691. The summed E-state index contributed by atoms with van der Waals surface area (Å²) in [6, 6.07) is 0. The van der Waals surface area contributed by atoms with Crippen molar-refractivity contribution < 1.29 is 0 Å². The third-order valence-corrected chi connectivity index (χ3v) is 3.68. The maximum absolute atomic E-state index is 4.26. The fourth-order valence-corrected chi connectivity index (χ4v) is 2.61. The van der Waals surface area contributed by atoms with E-state index in [2.05, 4.69) is 22.7 Å². The number of aryl methyl sites for hydroxylation is 2. The first-order valence-electron chi connectivity index (χ1n) is 6.34. The summed E-state index contributed by atoms with van der Waals surface area (Å²) in [4.78, 5) is 4.26. The van der Waals surface area contributed by atoms with Gasteiger partial charge in [0.2, 0.25) is 0 Å². The Kier molecular flexibility index (Phi) is 3.81. The Bertz CT molecular complexity index is 282. The van der Waals surface area contributed by atoms with Crippen molar-refractivity contribution in [3.63, 3.8) is 0 Å². The number of hydrogen-bond acceptors (Lipinski definition) is 1. The molecule has 0 aliphatic heterocycles. The second kappa shape index (κ2) is 5.34. The van der Waals surface area contributed by atoms with Crippen molar-refractivity contribution in [2.75, 3.05) is 0 Å². The molecule has 1 aliphatic rings. The van der Waals surface area contributed by atoms with E-state index in [0.717, 1.165) is 18.3 Å². The molecule has 1 aliphatic carbocycles. The fraction of sp³-hybridized carbons (Fsp3) is 0.769. The van der Waals surface area contributed by atoms with Gasteiger partial charge in [0.15, 0.2) is 0 Å². The van der Waals surface area contributed by atoms with E-state index in [1.165, 1.54) is 44.9 Å². The third-order valence-electron chi connectivity index (χ3n) is 3.68. The SMILES string of the molecule is Cc1nccn1CCC1CCCCCC1. The van der Waals surface area contributed by atoms with E-state index in [0.29, 0.717) is 0 Å².